The smallest absolute Gasteiger partial charge is 0.315 e. The average Bonchev–Trinajstić information content (AvgIpc) is 3.24. The first-order chi connectivity index (χ1) is 11.8. The molecule has 0 aromatic heterocycles. The van der Waals surface area contributed by atoms with Gasteiger partial charge in [0.1, 0.15) is 0 Å². The molecule has 0 radical (unpaired) electrons. The van der Waals surface area contributed by atoms with E-state index >= 15 is 0 Å². The molecule has 2 N–H and O–H groups in total. The molecule has 0 saturated carbocycles. The highest BCUT2D eigenvalue weighted by molar-refractivity contribution is 5.74. The predicted molar refractivity (Wildman–Crippen MR) is 94.2 cm³/mol. The SMILES string of the molecule is O=C(NCc1ccccc1N1CCCCC1)N[C@@H]1C[C@H]2CC[C@H]1O2. The zero-order chi connectivity index (χ0) is 16.4. The molecule has 2 bridgehead atoms. The molecular formula is C19H27N3O2. The number of fused-ring (bicyclic) bond motifs is 2. The van der Waals surface area contributed by atoms with Gasteiger partial charge in [0.2, 0.25) is 0 Å². The molecule has 2 amide bonds. The fraction of sp³-hybridized carbons (Fsp3) is 0.632. The van der Waals surface area contributed by atoms with Gasteiger partial charge >= 0.3 is 6.03 Å². The molecule has 3 saturated heterocycles. The summed E-state index contributed by atoms with van der Waals surface area (Å²) in [4.78, 5) is 14.7. The van der Waals surface area contributed by atoms with Gasteiger partial charge in [0.25, 0.3) is 0 Å². The molecule has 0 aliphatic carbocycles. The van der Waals surface area contributed by atoms with Crippen molar-refractivity contribution < 1.29 is 9.53 Å². The van der Waals surface area contributed by atoms with E-state index < -0.39 is 0 Å². The van der Waals surface area contributed by atoms with E-state index in [2.05, 4.69) is 33.7 Å². The Balaban J connectivity index is 1.33. The number of urea groups is 1. The molecule has 3 atom stereocenters. The number of piperidine rings is 1. The van der Waals surface area contributed by atoms with Gasteiger partial charge in [0.05, 0.1) is 18.2 Å². The predicted octanol–water partition coefficient (Wildman–Crippen LogP) is 2.80. The first-order valence-electron chi connectivity index (χ1n) is 9.32. The van der Waals surface area contributed by atoms with Crippen molar-refractivity contribution in [1.82, 2.24) is 10.6 Å². The third-order valence-corrected chi connectivity index (χ3v) is 5.55. The van der Waals surface area contributed by atoms with Gasteiger partial charge in [-0.15, -0.1) is 0 Å². The Morgan fingerprint density at radius 1 is 1.17 bits per heavy atom. The maximum atomic E-state index is 12.2. The van der Waals surface area contributed by atoms with Crippen LogP contribution in [-0.4, -0.2) is 37.4 Å². The van der Waals surface area contributed by atoms with E-state index in [1.807, 2.05) is 6.07 Å². The van der Waals surface area contributed by atoms with Crippen molar-refractivity contribution in [2.75, 3.05) is 18.0 Å². The average molecular weight is 329 g/mol. The first kappa shape index (κ1) is 15.8. The standard InChI is InChI=1S/C19H27N3O2/c23-19(21-16-12-15-8-9-18(16)24-15)20-13-14-6-2-3-7-17(14)22-10-4-1-5-11-22/h2-3,6-7,15-16,18H,1,4-5,8-13H2,(H2,20,21,23)/t15-,16-,18-/m1/s1. The number of hydrogen-bond donors (Lipinski definition) is 2. The van der Waals surface area contributed by atoms with Gasteiger partial charge < -0.3 is 20.3 Å². The van der Waals surface area contributed by atoms with E-state index in [-0.39, 0.29) is 18.2 Å². The van der Waals surface area contributed by atoms with Crippen molar-refractivity contribution in [3.8, 4) is 0 Å². The summed E-state index contributed by atoms with van der Waals surface area (Å²) < 4.78 is 5.80. The van der Waals surface area contributed by atoms with Crippen LogP contribution in [0.5, 0.6) is 0 Å². The number of para-hydroxylation sites is 1. The molecule has 1 aromatic rings. The van der Waals surface area contributed by atoms with Crippen LogP contribution in [0, 0.1) is 0 Å². The summed E-state index contributed by atoms with van der Waals surface area (Å²) in [5.74, 6) is 0. The van der Waals surface area contributed by atoms with Crippen LogP contribution in [0.15, 0.2) is 24.3 Å². The summed E-state index contributed by atoms with van der Waals surface area (Å²) >= 11 is 0. The fourth-order valence-electron chi connectivity index (χ4n) is 4.29. The van der Waals surface area contributed by atoms with E-state index in [0.29, 0.717) is 12.6 Å². The van der Waals surface area contributed by atoms with Crippen LogP contribution in [0.1, 0.15) is 44.1 Å². The molecule has 3 fully saturated rings. The second-order valence-electron chi connectivity index (χ2n) is 7.22. The third kappa shape index (κ3) is 3.36. The maximum Gasteiger partial charge on any atom is 0.315 e. The topological polar surface area (TPSA) is 53.6 Å². The normalized spacial score (nSPS) is 28.8. The molecule has 5 nitrogen and oxygen atoms in total. The first-order valence-corrected chi connectivity index (χ1v) is 9.32. The number of nitrogens with zero attached hydrogens (tertiary/aromatic N) is 1. The molecule has 24 heavy (non-hydrogen) atoms. The van der Waals surface area contributed by atoms with Crippen LogP contribution in [-0.2, 0) is 11.3 Å². The van der Waals surface area contributed by atoms with E-state index in [1.165, 1.54) is 30.5 Å². The maximum absolute atomic E-state index is 12.2. The number of carbonyl (C=O) groups excluding carboxylic acids is 1. The van der Waals surface area contributed by atoms with Crippen LogP contribution >= 0.6 is 0 Å². The van der Waals surface area contributed by atoms with E-state index in [0.717, 1.165) is 32.4 Å². The van der Waals surface area contributed by atoms with Gasteiger partial charge in [-0.2, -0.15) is 0 Å². The monoisotopic (exact) mass is 329 g/mol. The summed E-state index contributed by atoms with van der Waals surface area (Å²) in [6.07, 6.45) is 7.61. The molecule has 130 valence electrons. The van der Waals surface area contributed by atoms with Gasteiger partial charge in [-0.25, -0.2) is 4.79 Å². The Hall–Kier alpha value is -1.75. The molecule has 0 unspecified atom stereocenters. The Morgan fingerprint density at radius 2 is 2.00 bits per heavy atom. The molecule has 4 rings (SSSR count). The molecular weight excluding hydrogens is 302 g/mol. The highest BCUT2D eigenvalue weighted by atomic mass is 16.5. The largest absolute Gasteiger partial charge is 0.373 e. The lowest BCUT2D eigenvalue weighted by atomic mass is 9.96. The summed E-state index contributed by atoms with van der Waals surface area (Å²) in [6.45, 7) is 2.80. The number of nitrogens with one attached hydrogen (secondary N) is 2. The molecule has 3 aliphatic rings. The van der Waals surface area contributed by atoms with Crippen LogP contribution in [0.25, 0.3) is 0 Å². The van der Waals surface area contributed by atoms with E-state index in [4.69, 9.17) is 4.74 Å². The lowest BCUT2D eigenvalue weighted by Gasteiger charge is -2.30. The Morgan fingerprint density at radius 3 is 2.75 bits per heavy atom. The van der Waals surface area contributed by atoms with Crippen molar-refractivity contribution in [2.24, 2.45) is 0 Å². The number of anilines is 1. The Bertz CT molecular complexity index is 586. The van der Waals surface area contributed by atoms with Crippen LogP contribution in [0.3, 0.4) is 0 Å². The molecule has 5 heteroatoms. The molecule has 3 aliphatic heterocycles. The fourth-order valence-corrected chi connectivity index (χ4v) is 4.29. The lowest BCUT2D eigenvalue weighted by Crippen LogP contribution is -2.46. The second-order valence-corrected chi connectivity index (χ2v) is 7.22. The zero-order valence-electron chi connectivity index (χ0n) is 14.2. The zero-order valence-corrected chi connectivity index (χ0v) is 14.2. The quantitative estimate of drug-likeness (QED) is 0.893. The number of benzene rings is 1. The summed E-state index contributed by atoms with van der Waals surface area (Å²) in [7, 11) is 0. The highest BCUT2D eigenvalue weighted by Crippen LogP contribution is 2.34. The molecule has 1 aromatic carbocycles. The van der Waals surface area contributed by atoms with Gasteiger partial charge in [0, 0.05) is 25.3 Å². The van der Waals surface area contributed by atoms with Crippen molar-refractivity contribution in [1.29, 1.82) is 0 Å². The van der Waals surface area contributed by atoms with Crippen molar-refractivity contribution >= 4 is 11.7 Å². The molecule has 3 heterocycles. The van der Waals surface area contributed by atoms with Crippen molar-refractivity contribution in [3.63, 3.8) is 0 Å². The van der Waals surface area contributed by atoms with Crippen LogP contribution < -0.4 is 15.5 Å². The number of amides is 2. The third-order valence-electron chi connectivity index (χ3n) is 5.55. The number of carbonyl (C=O) groups is 1. The minimum Gasteiger partial charge on any atom is -0.373 e. The van der Waals surface area contributed by atoms with Crippen LogP contribution in [0.4, 0.5) is 10.5 Å². The van der Waals surface area contributed by atoms with E-state index in [1.54, 1.807) is 0 Å². The molecule has 0 spiro atoms. The van der Waals surface area contributed by atoms with Crippen molar-refractivity contribution in [3.05, 3.63) is 29.8 Å². The lowest BCUT2D eigenvalue weighted by molar-refractivity contribution is 0.0981. The Kier molecular flexibility index (Phi) is 4.60. The minimum absolute atomic E-state index is 0.0791. The van der Waals surface area contributed by atoms with Gasteiger partial charge in [-0.3, -0.25) is 0 Å². The Labute approximate surface area is 143 Å². The van der Waals surface area contributed by atoms with Crippen molar-refractivity contribution in [2.45, 2.75) is 63.3 Å². The minimum atomic E-state index is -0.0791. The number of hydrogen-bond acceptors (Lipinski definition) is 3. The van der Waals surface area contributed by atoms with Gasteiger partial charge in [-0.1, -0.05) is 18.2 Å². The van der Waals surface area contributed by atoms with E-state index in [9.17, 15) is 4.79 Å². The summed E-state index contributed by atoms with van der Waals surface area (Å²) in [6, 6.07) is 8.52. The number of ether oxygens (including phenoxy) is 1. The number of rotatable bonds is 4. The van der Waals surface area contributed by atoms with Gasteiger partial charge in [0.15, 0.2) is 0 Å². The van der Waals surface area contributed by atoms with Gasteiger partial charge in [-0.05, 0) is 50.2 Å². The highest BCUT2D eigenvalue weighted by Gasteiger charge is 2.41. The second kappa shape index (κ2) is 7.01. The summed E-state index contributed by atoms with van der Waals surface area (Å²) in [5.41, 5.74) is 2.46. The van der Waals surface area contributed by atoms with Crippen LogP contribution in [0.2, 0.25) is 0 Å². The summed E-state index contributed by atoms with van der Waals surface area (Å²) in [5, 5.41) is 6.12.